The van der Waals surface area contributed by atoms with Crippen LogP contribution in [-0.4, -0.2) is 59.4 Å². The van der Waals surface area contributed by atoms with E-state index in [1.807, 2.05) is 0 Å². The SMILES string of the molecule is CCCCCCCCC(CCCCCCCC)CCCCCCCN(CCCCO)CCCCCCCCCC(CCCC)CCCC.O=CO.O=CO. The molecular weight excluding hydrogens is 671 g/mol. The topological polar surface area (TPSA) is 98.1 Å². The van der Waals surface area contributed by atoms with Crippen LogP contribution in [0.15, 0.2) is 0 Å². The molecule has 0 unspecified atom stereocenters. The van der Waals surface area contributed by atoms with E-state index in [2.05, 4.69) is 32.6 Å². The summed E-state index contributed by atoms with van der Waals surface area (Å²) in [5.74, 6) is 2.01. The predicted molar refractivity (Wildman–Crippen MR) is 237 cm³/mol. The van der Waals surface area contributed by atoms with Crippen LogP contribution >= 0.6 is 0 Å². The normalized spacial score (nSPS) is 11.1. The van der Waals surface area contributed by atoms with Gasteiger partial charge in [-0.1, -0.05) is 233 Å². The highest BCUT2D eigenvalue weighted by molar-refractivity contribution is 5.33. The average Bonchev–Trinajstić information content (AvgIpc) is 3.17. The number of hydrogen-bond donors (Lipinski definition) is 3. The fraction of sp³-hybridized carbons (Fsp3) is 0.958. The highest BCUT2D eigenvalue weighted by Crippen LogP contribution is 2.25. The number of aliphatic hydroxyl groups excluding tert-OH is 1. The lowest BCUT2D eigenvalue weighted by Crippen LogP contribution is -2.27. The second-order valence-electron chi connectivity index (χ2n) is 16.4. The molecule has 0 saturated carbocycles. The standard InChI is InChI=1S/C46H95NO.2CH2O2/c1-5-9-13-15-21-27-38-46(39-28-22-16-14-10-6-2)40-30-24-20-26-32-42-47(43-33-34-44-48)41-31-25-19-17-18-23-29-37-45(35-11-7-3)36-12-8-4;2*2-1-3/h45-46,48H,5-44H2,1-4H3;2*1H,(H,2,3). The summed E-state index contributed by atoms with van der Waals surface area (Å²) in [7, 11) is 0. The minimum Gasteiger partial charge on any atom is -0.483 e. The van der Waals surface area contributed by atoms with Crippen molar-refractivity contribution in [2.75, 3.05) is 26.2 Å². The van der Waals surface area contributed by atoms with Crippen LogP contribution in [0.5, 0.6) is 0 Å². The summed E-state index contributed by atoms with van der Waals surface area (Å²) in [6.07, 6.45) is 51.2. The zero-order valence-electron chi connectivity index (χ0n) is 37.2. The van der Waals surface area contributed by atoms with E-state index in [1.54, 1.807) is 0 Å². The van der Waals surface area contributed by atoms with Crippen LogP contribution in [0.1, 0.15) is 259 Å². The number of hydrogen-bond acceptors (Lipinski definition) is 4. The van der Waals surface area contributed by atoms with Crippen molar-refractivity contribution in [3.63, 3.8) is 0 Å². The first-order valence-electron chi connectivity index (χ1n) is 24.0. The minimum absolute atomic E-state index is 0.250. The van der Waals surface area contributed by atoms with Crippen molar-refractivity contribution in [2.24, 2.45) is 11.8 Å². The van der Waals surface area contributed by atoms with Gasteiger partial charge >= 0.3 is 0 Å². The van der Waals surface area contributed by atoms with Crippen molar-refractivity contribution < 1.29 is 24.9 Å². The van der Waals surface area contributed by atoms with E-state index in [1.165, 1.54) is 238 Å². The molecule has 0 aliphatic carbocycles. The number of carboxylic acid groups (broad SMARTS) is 2. The summed E-state index contributed by atoms with van der Waals surface area (Å²) in [6.45, 7) is 12.9. The van der Waals surface area contributed by atoms with Gasteiger partial charge < -0.3 is 20.2 Å². The second-order valence-corrected chi connectivity index (χ2v) is 16.4. The zero-order valence-corrected chi connectivity index (χ0v) is 37.2. The number of rotatable bonds is 42. The van der Waals surface area contributed by atoms with Gasteiger partial charge in [0.05, 0.1) is 0 Å². The number of carbonyl (C=O) groups is 2. The van der Waals surface area contributed by atoms with E-state index in [0.717, 1.165) is 24.7 Å². The molecule has 0 heterocycles. The van der Waals surface area contributed by atoms with Crippen LogP contribution in [-0.2, 0) is 9.59 Å². The van der Waals surface area contributed by atoms with E-state index < -0.39 is 0 Å². The maximum atomic E-state index is 9.32. The van der Waals surface area contributed by atoms with Crippen LogP contribution in [0.4, 0.5) is 0 Å². The molecule has 0 atom stereocenters. The summed E-state index contributed by atoms with van der Waals surface area (Å²) in [4.78, 5) is 19.5. The van der Waals surface area contributed by atoms with Gasteiger partial charge in [-0.15, -0.1) is 0 Å². The highest BCUT2D eigenvalue weighted by atomic mass is 16.3. The Morgan fingerprint density at radius 1 is 0.352 bits per heavy atom. The molecule has 0 bridgehead atoms. The van der Waals surface area contributed by atoms with E-state index in [9.17, 15) is 5.11 Å². The quantitative estimate of drug-likeness (QED) is 0.0422. The summed E-state index contributed by atoms with van der Waals surface area (Å²) < 4.78 is 0. The van der Waals surface area contributed by atoms with Crippen molar-refractivity contribution in [3.05, 3.63) is 0 Å². The summed E-state index contributed by atoms with van der Waals surface area (Å²) in [5.41, 5.74) is 0. The van der Waals surface area contributed by atoms with Crippen molar-refractivity contribution in [1.82, 2.24) is 4.90 Å². The van der Waals surface area contributed by atoms with Crippen LogP contribution in [0.3, 0.4) is 0 Å². The first-order valence-corrected chi connectivity index (χ1v) is 24.0. The fourth-order valence-corrected chi connectivity index (χ4v) is 8.01. The fourth-order valence-electron chi connectivity index (χ4n) is 8.01. The molecule has 0 aliphatic heterocycles. The molecule has 0 saturated heterocycles. The van der Waals surface area contributed by atoms with Crippen LogP contribution in [0, 0.1) is 11.8 Å². The van der Waals surface area contributed by atoms with Gasteiger partial charge in [-0.2, -0.15) is 0 Å². The third-order valence-electron chi connectivity index (χ3n) is 11.4. The highest BCUT2D eigenvalue weighted by Gasteiger charge is 2.10. The third kappa shape index (κ3) is 50.9. The minimum atomic E-state index is -0.250. The van der Waals surface area contributed by atoms with Gasteiger partial charge in [-0.05, 0) is 57.2 Å². The van der Waals surface area contributed by atoms with Gasteiger partial charge in [0.2, 0.25) is 0 Å². The van der Waals surface area contributed by atoms with Crippen molar-refractivity contribution >= 4 is 12.9 Å². The first-order chi connectivity index (χ1) is 26.5. The Hall–Kier alpha value is -1.14. The first kappa shape index (κ1) is 57.2. The molecule has 0 amide bonds. The molecule has 0 spiro atoms. The molecule has 6 nitrogen and oxygen atoms in total. The third-order valence-corrected chi connectivity index (χ3v) is 11.4. The molecule has 0 aliphatic rings. The molecule has 54 heavy (non-hydrogen) atoms. The summed E-state index contributed by atoms with van der Waals surface area (Å²) in [6, 6.07) is 0. The monoisotopic (exact) mass is 770 g/mol. The smallest absolute Gasteiger partial charge is 0.290 e. The van der Waals surface area contributed by atoms with Gasteiger partial charge in [0.15, 0.2) is 0 Å². The Morgan fingerprint density at radius 3 is 0.852 bits per heavy atom. The van der Waals surface area contributed by atoms with Gasteiger partial charge in [-0.3, -0.25) is 9.59 Å². The summed E-state index contributed by atoms with van der Waals surface area (Å²) >= 11 is 0. The molecule has 0 fully saturated rings. The molecule has 0 radical (unpaired) electrons. The van der Waals surface area contributed by atoms with Gasteiger partial charge in [-0.25, -0.2) is 0 Å². The molecule has 6 heteroatoms. The van der Waals surface area contributed by atoms with Crippen molar-refractivity contribution in [1.29, 1.82) is 0 Å². The largest absolute Gasteiger partial charge is 0.483 e. The van der Waals surface area contributed by atoms with E-state index in [-0.39, 0.29) is 12.9 Å². The molecular formula is C48H99NO5. The van der Waals surface area contributed by atoms with Crippen LogP contribution in [0.25, 0.3) is 0 Å². The van der Waals surface area contributed by atoms with Gasteiger partial charge in [0.25, 0.3) is 12.9 Å². The maximum absolute atomic E-state index is 9.32. The molecule has 0 aromatic rings. The lowest BCUT2D eigenvalue weighted by Gasteiger charge is -2.22. The number of unbranched alkanes of at least 4 members (excludes halogenated alkanes) is 23. The Balaban J connectivity index is -0.00000403. The molecule has 0 aromatic carbocycles. The van der Waals surface area contributed by atoms with Gasteiger partial charge in [0.1, 0.15) is 0 Å². The van der Waals surface area contributed by atoms with Crippen LogP contribution < -0.4 is 0 Å². The Labute approximate surface area is 338 Å². The average molecular weight is 770 g/mol. The lowest BCUT2D eigenvalue weighted by molar-refractivity contribution is -0.123. The molecule has 0 rings (SSSR count). The Kier molecular flexibility index (Phi) is 57.1. The van der Waals surface area contributed by atoms with Gasteiger partial charge in [0, 0.05) is 6.61 Å². The maximum Gasteiger partial charge on any atom is 0.290 e. The van der Waals surface area contributed by atoms with Crippen molar-refractivity contribution in [3.8, 4) is 0 Å². The predicted octanol–water partition coefficient (Wildman–Crippen LogP) is 15.0. The summed E-state index contributed by atoms with van der Waals surface area (Å²) in [5, 5.41) is 23.1. The molecule has 0 aromatic heterocycles. The lowest BCUT2D eigenvalue weighted by atomic mass is 9.89. The van der Waals surface area contributed by atoms with E-state index in [4.69, 9.17) is 19.8 Å². The zero-order chi connectivity index (χ0) is 40.4. The van der Waals surface area contributed by atoms with Crippen molar-refractivity contribution in [2.45, 2.75) is 259 Å². The molecule has 326 valence electrons. The second kappa shape index (κ2) is 54.0. The van der Waals surface area contributed by atoms with E-state index in [0.29, 0.717) is 6.61 Å². The van der Waals surface area contributed by atoms with E-state index >= 15 is 0 Å². The number of nitrogens with zero attached hydrogens (tertiary/aromatic N) is 1. The Bertz CT molecular complexity index is 633. The van der Waals surface area contributed by atoms with Crippen LogP contribution in [0.2, 0.25) is 0 Å². The Morgan fingerprint density at radius 2 is 0.574 bits per heavy atom. The molecule has 3 N–H and O–H groups in total. The number of aliphatic hydroxyl groups is 1.